The van der Waals surface area contributed by atoms with Gasteiger partial charge < -0.3 is 5.32 Å². The lowest BCUT2D eigenvalue weighted by molar-refractivity contribution is 0.0932. The van der Waals surface area contributed by atoms with E-state index in [2.05, 4.69) is 33.0 Å². The molecule has 1 N–H and O–H groups in total. The number of nitrogens with one attached hydrogen (secondary N) is 1. The third-order valence-corrected chi connectivity index (χ3v) is 5.10. The molecule has 3 heteroatoms. The first kappa shape index (κ1) is 14.0. The fourth-order valence-electron chi connectivity index (χ4n) is 3.47. The average Bonchev–Trinajstić information content (AvgIpc) is 2.69. The topological polar surface area (TPSA) is 29.1 Å². The van der Waals surface area contributed by atoms with Crippen LogP contribution in [0.25, 0.3) is 0 Å². The molecule has 104 valence electrons. The monoisotopic (exact) mass is 263 g/mol. The first-order valence-electron chi connectivity index (χ1n) is 6.74. The van der Waals surface area contributed by atoms with E-state index in [1.165, 1.54) is 24.3 Å². The van der Waals surface area contributed by atoms with Crippen molar-refractivity contribution in [2.75, 3.05) is 0 Å². The summed E-state index contributed by atoms with van der Waals surface area (Å²) in [5.41, 5.74) is 0.981. The van der Waals surface area contributed by atoms with E-state index in [0.29, 0.717) is 11.5 Å². The van der Waals surface area contributed by atoms with Gasteiger partial charge in [-0.2, -0.15) is 0 Å². The van der Waals surface area contributed by atoms with E-state index in [-0.39, 0.29) is 28.6 Å². The van der Waals surface area contributed by atoms with E-state index >= 15 is 0 Å². The molecule has 0 spiro atoms. The van der Waals surface area contributed by atoms with Crippen LogP contribution in [0.2, 0.25) is 0 Å². The van der Waals surface area contributed by atoms with Crippen LogP contribution in [0.15, 0.2) is 24.3 Å². The van der Waals surface area contributed by atoms with Crippen LogP contribution in [0.1, 0.15) is 45.0 Å². The Morgan fingerprint density at radius 1 is 1.16 bits per heavy atom. The summed E-state index contributed by atoms with van der Waals surface area (Å²) in [5.74, 6) is 0.00413. The molecule has 1 amide bonds. The summed E-state index contributed by atoms with van der Waals surface area (Å²) in [4.78, 5) is 12.1. The molecule has 0 heterocycles. The quantitative estimate of drug-likeness (QED) is 0.886. The maximum absolute atomic E-state index is 12.8. The molecule has 19 heavy (non-hydrogen) atoms. The van der Waals surface area contributed by atoms with Crippen LogP contribution in [0, 0.1) is 22.6 Å². The Hall–Kier alpha value is -1.38. The highest BCUT2D eigenvalue weighted by molar-refractivity contribution is 5.94. The zero-order chi connectivity index (χ0) is 14.4. The maximum atomic E-state index is 12.8. The van der Waals surface area contributed by atoms with Gasteiger partial charge in [0.25, 0.3) is 5.91 Å². The van der Waals surface area contributed by atoms with Gasteiger partial charge in [-0.25, -0.2) is 4.39 Å². The fourth-order valence-corrected chi connectivity index (χ4v) is 3.47. The van der Waals surface area contributed by atoms with Gasteiger partial charge in [0.05, 0.1) is 0 Å². The minimum absolute atomic E-state index is 0.113. The summed E-state index contributed by atoms with van der Waals surface area (Å²) in [5, 5.41) is 3.03. The minimum Gasteiger partial charge on any atom is -0.349 e. The lowest BCUT2D eigenvalue weighted by atomic mass is 10.0. The molecule has 2 rings (SSSR count). The van der Waals surface area contributed by atoms with Crippen LogP contribution in [0.3, 0.4) is 0 Å². The molecule has 2 nitrogen and oxygen atoms in total. The molecular formula is C16H22FNO. The normalized spacial score (nSPS) is 21.8. The second-order valence-corrected chi connectivity index (χ2v) is 6.69. The molecular weight excluding hydrogens is 241 g/mol. The highest BCUT2D eigenvalue weighted by Crippen LogP contribution is 2.69. The predicted molar refractivity (Wildman–Crippen MR) is 74.4 cm³/mol. The van der Waals surface area contributed by atoms with Crippen LogP contribution >= 0.6 is 0 Å². The minimum atomic E-state index is -0.325. The van der Waals surface area contributed by atoms with Gasteiger partial charge in [-0.05, 0) is 47.9 Å². The van der Waals surface area contributed by atoms with Crippen molar-refractivity contribution in [2.24, 2.45) is 16.7 Å². The van der Waals surface area contributed by atoms with Gasteiger partial charge in [-0.1, -0.05) is 27.7 Å². The van der Waals surface area contributed by atoms with Crippen LogP contribution in [-0.4, -0.2) is 11.9 Å². The Balaban J connectivity index is 2.03. The van der Waals surface area contributed by atoms with Gasteiger partial charge in [-0.3, -0.25) is 4.79 Å². The largest absolute Gasteiger partial charge is 0.349 e. The predicted octanol–water partition coefficient (Wildman–Crippen LogP) is 3.63. The zero-order valence-electron chi connectivity index (χ0n) is 12.3. The van der Waals surface area contributed by atoms with Crippen LogP contribution < -0.4 is 5.32 Å². The molecule has 0 unspecified atom stereocenters. The summed E-state index contributed by atoms with van der Waals surface area (Å²) < 4.78 is 12.8. The molecule has 1 saturated carbocycles. The number of halogens is 1. The van der Waals surface area contributed by atoms with E-state index in [9.17, 15) is 9.18 Å². The molecule has 1 aliphatic carbocycles. The Morgan fingerprint density at radius 3 is 2.05 bits per heavy atom. The second-order valence-electron chi connectivity index (χ2n) is 6.69. The SMILES string of the molecule is C[C@H](NC(=O)c1ccc(F)cc1)C1C(C)(C)C1(C)C. The molecule has 1 aromatic carbocycles. The number of rotatable bonds is 3. The van der Waals surface area contributed by atoms with Crippen molar-refractivity contribution in [3.8, 4) is 0 Å². The molecule has 1 atom stereocenters. The van der Waals surface area contributed by atoms with E-state index in [1.54, 1.807) is 0 Å². The lowest BCUT2D eigenvalue weighted by Crippen LogP contribution is -2.35. The van der Waals surface area contributed by atoms with Gasteiger partial charge in [0.1, 0.15) is 5.82 Å². The Kier molecular flexibility index (Phi) is 3.20. The number of carbonyl (C=O) groups is 1. The summed E-state index contributed by atoms with van der Waals surface area (Å²) >= 11 is 0. The van der Waals surface area contributed by atoms with Crippen LogP contribution in [0.5, 0.6) is 0 Å². The number of benzene rings is 1. The van der Waals surface area contributed by atoms with Crippen molar-refractivity contribution in [3.05, 3.63) is 35.6 Å². The molecule has 0 aliphatic heterocycles. The van der Waals surface area contributed by atoms with Crippen molar-refractivity contribution < 1.29 is 9.18 Å². The summed E-state index contributed by atoms with van der Waals surface area (Å²) in [6, 6.07) is 5.76. The standard InChI is InChI=1S/C16H22FNO/c1-10(13-15(2,3)16(13,4)5)18-14(19)11-6-8-12(17)9-7-11/h6-10,13H,1-5H3,(H,18,19)/t10-/m0/s1. The molecule has 1 aliphatic rings. The summed E-state index contributed by atoms with van der Waals surface area (Å²) in [6.45, 7) is 11.0. The van der Waals surface area contributed by atoms with Gasteiger partial charge >= 0.3 is 0 Å². The van der Waals surface area contributed by atoms with Gasteiger partial charge in [-0.15, -0.1) is 0 Å². The molecule has 0 saturated heterocycles. The third-order valence-electron chi connectivity index (χ3n) is 5.10. The molecule has 1 aromatic rings. The number of hydrogen-bond acceptors (Lipinski definition) is 1. The van der Waals surface area contributed by atoms with Crippen molar-refractivity contribution in [3.63, 3.8) is 0 Å². The molecule has 0 aromatic heterocycles. The molecule has 0 radical (unpaired) electrons. The fraction of sp³-hybridized carbons (Fsp3) is 0.562. The first-order chi connectivity index (χ1) is 8.68. The number of hydrogen-bond donors (Lipinski definition) is 1. The van der Waals surface area contributed by atoms with Crippen LogP contribution in [-0.2, 0) is 0 Å². The summed E-state index contributed by atoms with van der Waals surface area (Å²) in [7, 11) is 0. The van der Waals surface area contributed by atoms with Gasteiger partial charge in [0, 0.05) is 11.6 Å². The van der Waals surface area contributed by atoms with Crippen molar-refractivity contribution in [1.29, 1.82) is 0 Å². The van der Waals surface area contributed by atoms with Crippen LogP contribution in [0.4, 0.5) is 4.39 Å². The number of carbonyl (C=O) groups excluding carboxylic acids is 1. The van der Waals surface area contributed by atoms with Crippen molar-refractivity contribution >= 4 is 5.91 Å². The van der Waals surface area contributed by atoms with E-state index in [1.807, 2.05) is 6.92 Å². The first-order valence-corrected chi connectivity index (χ1v) is 6.74. The maximum Gasteiger partial charge on any atom is 0.251 e. The van der Waals surface area contributed by atoms with Crippen molar-refractivity contribution in [2.45, 2.75) is 40.7 Å². The van der Waals surface area contributed by atoms with Gasteiger partial charge in [0.2, 0.25) is 0 Å². The lowest BCUT2D eigenvalue weighted by Gasteiger charge is -2.16. The average molecular weight is 263 g/mol. The number of amides is 1. The van der Waals surface area contributed by atoms with E-state index in [4.69, 9.17) is 0 Å². The molecule has 0 bridgehead atoms. The van der Waals surface area contributed by atoms with Crippen molar-refractivity contribution in [1.82, 2.24) is 5.32 Å². The third kappa shape index (κ3) is 2.26. The Labute approximate surface area is 114 Å². The smallest absolute Gasteiger partial charge is 0.251 e. The summed E-state index contributed by atoms with van der Waals surface area (Å²) in [6.07, 6.45) is 0. The Bertz CT molecular complexity index is 476. The Morgan fingerprint density at radius 2 is 1.63 bits per heavy atom. The van der Waals surface area contributed by atoms with E-state index < -0.39 is 0 Å². The highest BCUT2D eigenvalue weighted by Gasteiger charge is 2.66. The zero-order valence-corrected chi connectivity index (χ0v) is 12.3. The highest BCUT2D eigenvalue weighted by atomic mass is 19.1. The second kappa shape index (κ2) is 4.32. The van der Waals surface area contributed by atoms with Gasteiger partial charge in [0.15, 0.2) is 0 Å². The van der Waals surface area contributed by atoms with E-state index in [0.717, 1.165) is 0 Å². The molecule has 1 fully saturated rings.